The third-order valence-corrected chi connectivity index (χ3v) is 9.66. The normalized spacial score (nSPS) is 14.8. The first kappa shape index (κ1) is 28.0. The Hall–Kier alpha value is -4.77. The molecule has 1 fully saturated rings. The minimum Gasteiger partial charge on any atom is -0.477 e. The van der Waals surface area contributed by atoms with Gasteiger partial charge in [0.1, 0.15) is 16.1 Å². The number of carbonyl (C=O) groups is 1. The Morgan fingerprint density at radius 3 is 2.23 bits per heavy atom. The highest BCUT2D eigenvalue weighted by Gasteiger charge is 2.31. The molecule has 0 aliphatic carbocycles. The van der Waals surface area contributed by atoms with Crippen molar-refractivity contribution in [1.82, 2.24) is 9.30 Å². The summed E-state index contributed by atoms with van der Waals surface area (Å²) in [5.74, 6) is -1.33. The lowest BCUT2D eigenvalue weighted by atomic mass is 9.96. The fourth-order valence-corrected chi connectivity index (χ4v) is 7.57. The van der Waals surface area contributed by atoms with E-state index >= 15 is 0 Å². The molecule has 1 atom stereocenters. The first-order valence-electron chi connectivity index (χ1n) is 14.0. The zero-order chi connectivity index (χ0) is 30.5. The highest BCUT2D eigenvalue weighted by atomic mass is 35.5. The lowest BCUT2D eigenvalue weighted by molar-refractivity contribution is -0.384. The molecule has 1 aliphatic heterocycles. The summed E-state index contributed by atoms with van der Waals surface area (Å²) in [6.07, 6.45) is 0. The van der Waals surface area contributed by atoms with E-state index in [0.29, 0.717) is 47.9 Å². The quantitative estimate of drug-likeness (QED) is 0.160. The molecule has 220 valence electrons. The number of halogens is 1. The van der Waals surface area contributed by atoms with Gasteiger partial charge in [-0.15, -0.1) is 11.3 Å². The van der Waals surface area contributed by atoms with Gasteiger partial charge in [0.25, 0.3) is 5.69 Å². The van der Waals surface area contributed by atoms with Gasteiger partial charge in [0.05, 0.1) is 26.7 Å². The third kappa shape index (κ3) is 4.68. The molecule has 0 spiro atoms. The molecule has 0 bridgehead atoms. The maximum atomic E-state index is 13.7. The number of pyridine rings is 1. The molecular weight excluding hydrogens is 600 g/mol. The molecule has 1 N–H and O–H groups in total. The predicted molar refractivity (Wildman–Crippen MR) is 174 cm³/mol. The number of hydrogen-bond acceptors (Lipinski definition) is 7. The predicted octanol–water partition coefficient (Wildman–Crippen LogP) is 6.84. The Balaban J connectivity index is 1.31. The standard InChI is InChI=1S/C33H25ClN4O5S/c34-22-12-10-21(11-13-22)30(20-6-2-1-3-7-20)36-16-14-35(15-17-36)26-18-23-25(19-27(26)38(42)43)37-24-8-4-5-9-28(24)44-32(37)29(31(23)39)33(40)41/h1-13,18-19,30H,14-17H2,(H,40,41). The van der Waals surface area contributed by atoms with Crippen molar-refractivity contribution < 1.29 is 14.8 Å². The summed E-state index contributed by atoms with van der Waals surface area (Å²) in [5.41, 5.74) is 2.40. The number of carboxylic acids is 1. The summed E-state index contributed by atoms with van der Waals surface area (Å²) in [4.78, 5) is 42.5. The molecule has 0 amide bonds. The molecule has 1 saturated heterocycles. The van der Waals surface area contributed by atoms with E-state index in [1.54, 1.807) is 4.40 Å². The number of fused-ring (bicyclic) bond motifs is 5. The first-order chi connectivity index (χ1) is 21.3. The van der Waals surface area contributed by atoms with E-state index in [1.165, 1.54) is 23.5 Å². The monoisotopic (exact) mass is 624 g/mol. The molecule has 0 radical (unpaired) electrons. The number of para-hydroxylation sites is 1. The van der Waals surface area contributed by atoms with E-state index in [0.717, 1.165) is 15.8 Å². The summed E-state index contributed by atoms with van der Waals surface area (Å²) in [5, 5.41) is 23.3. The maximum absolute atomic E-state index is 13.7. The van der Waals surface area contributed by atoms with Crippen LogP contribution in [-0.2, 0) is 0 Å². The van der Waals surface area contributed by atoms with Gasteiger partial charge >= 0.3 is 5.97 Å². The van der Waals surface area contributed by atoms with Gasteiger partial charge in [-0.1, -0.05) is 66.2 Å². The second-order valence-corrected chi connectivity index (χ2v) is 12.2. The van der Waals surface area contributed by atoms with Gasteiger partial charge in [-0.05, 0) is 41.5 Å². The van der Waals surface area contributed by atoms with Crippen LogP contribution in [0.4, 0.5) is 11.4 Å². The zero-order valence-corrected chi connectivity index (χ0v) is 24.8. The Bertz CT molecular complexity index is 2140. The topological polar surface area (TPSA) is 108 Å². The first-order valence-corrected chi connectivity index (χ1v) is 15.2. The summed E-state index contributed by atoms with van der Waals surface area (Å²) >= 11 is 7.36. The number of benzene rings is 4. The van der Waals surface area contributed by atoms with Crippen LogP contribution in [0.25, 0.3) is 25.9 Å². The molecular formula is C33H25ClN4O5S. The number of piperazine rings is 1. The number of aromatic nitrogens is 1. The average molecular weight is 625 g/mol. The van der Waals surface area contributed by atoms with Crippen LogP contribution >= 0.6 is 22.9 Å². The number of hydrogen-bond donors (Lipinski definition) is 1. The van der Waals surface area contributed by atoms with E-state index in [2.05, 4.69) is 17.0 Å². The van der Waals surface area contributed by atoms with Gasteiger partial charge in [0, 0.05) is 42.7 Å². The second kappa shape index (κ2) is 11.1. The van der Waals surface area contributed by atoms with Crippen LogP contribution < -0.4 is 10.3 Å². The fourth-order valence-electron chi connectivity index (χ4n) is 6.26. The minimum absolute atomic E-state index is 0.0369. The van der Waals surface area contributed by atoms with Crippen LogP contribution in [0.5, 0.6) is 0 Å². The molecule has 6 aromatic rings. The van der Waals surface area contributed by atoms with E-state index < -0.39 is 16.3 Å². The maximum Gasteiger partial charge on any atom is 0.342 e. The number of nitrogens with zero attached hydrogens (tertiary/aromatic N) is 4. The molecule has 9 nitrogen and oxygen atoms in total. The van der Waals surface area contributed by atoms with Crippen molar-refractivity contribution in [2.75, 3.05) is 31.1 Å². The van der Waals surface area contributed by atoms with Crippen molar-refractivity contribution in [3.8, 4) is 0 Å². The van der Waals surface area contributed by atoms with Crippen LogP contribution in [0.3, 0.4) is 0 Å². The number of thiazole rings is 1. The number of carboxylic acid groups (broad SMARTS) is 1. The highest BCUT2D eigenvalue weighted by Crippen LogP contribution is 2.38. The second-order valence-electron chi connectivity index (χ2n) is 10.7. The van der Waals surface area contributed by atoms with E-state index in [4.69, 9.17) is 11.6 Å². The van der Waals surface area contributed by atoms with Crippen molar-refractivity contribution in [2.24, 2.45) is 0 Å². The lowest BCUT2D eigenvalue weighted by Crippen LogP contribution is -2.48. The Labute approximate surface area is 259 Å². The summed E-state index contributed by atoms with van der Waals surface area (Å²) < 4.78 is 2.43. The molecule has 4 aromatic carbocycles. The van der Waals surface area contributed by atoms with Gasteiger partial charge < -0.3 is 10.0 Å². The molecule has 1 unspecified atom stereocenters. The summed E-state index contributed by atoms with van der Waals surface area (Å²) in [6, 6.07) is 28.1. The summed E-state index contributed by atoms with van der Waals surface area (Å²) in [6.45, 7) is 2.15. The van der Waals surface area contributed by atoms with Crippen molar-refractivity contribution in [2.45, 2.75) is 6.04 Å². The minimum atomic E-state index is -1.33. The number of nitro groups is 1. The third-order valence-electron chi connectivity index (χ3n) is 8.27. The van der Waals surface area contributed by atoms with E-state index in [-0.39, 0.29) is 27.5 Å². The number of anilines is 1. The number of aromatic carboxylic acids is 1. The van der Waals surface area contributed by atoms with Crippen molar-refractivity contribution in [3.63, 3.8) is 0 Å². The van der Waals surface area contributed by atoms with Crippen LogP contribution in [0.2, 0.25) is 5.02 Å². The molecule has 44 heavy (non-hydrogen) atoms. The van der Waals surface area contributed by atoms with Gasteiger partial charge in [-0.3, -0.25) is 24.2 Å². The van der Waals surface area contributed by atoms with Gasteiger partial charge in [-0.25, -0.2) is 4.79 Å². The van der Waals surface area contributed by atoms with Crippen molar-refractivity contribution in [1.29, 1.82) is 0 Å². The smallest absolute Gasteiger partial charge is 0.342 e. The lowest BCUT2D eigenvalue weighted by Gasteiger charge is -2.40. The highest BCUT2D eigenvalue weighted by molar-refractivity contribution is 7.24. The van der Waals surface area contributed by atoms with Crippen LogP contribution in [-0.4, -0.2) is 51.5 Å². The van der Waals surface area contributed by atoms with Crippen molar-refractivity contribution in [3.05, 3.63) is 133 Å². The van der Waals surface area contributed by atoms with Crippen LogP contribution in [0, 0.1) is 10.1 Å². The van der Waals surface area contributed by atoms with Gasteiger partial charge in [0.2, 0.25) is 5.43 Å². The number of rotatable bonds is 6. The van der Waals surface area contributed by atoms with Gasteiger partial charge in [-0.2, -0.15) is 0 Å². The molecule has 7 rings (SSSR count). The van der Waals surface area contributed by atoms with Crippen molar-refractivity contribution >= 4 is 66.2 Å². The molecule has 11 heteroatoms. The fraction of sp³-hybridized carbons (Fsp3) is 0.152. The van der Waals surface area contributed by atoms with Crippen LogP contribution in [0.15, 0.2) is 95.8 Å². The zero-order valence-electron chi connectivity index (χ0n) is 23.2. The number of nitro benzene ring substituents is 1. The van der Waals surface area contributed by atoms with Crippen LogP contribution in [0.1, 0.15) is 27.5 Å². The largest absolute Gasteiger partial charge is 0.477 e. The molecule has 1 aliphatic rings. The van der Waals surface area contributed by atoms with E-state index in [9.17, 15) is 24.8 Å². The van der Waals surface area contributed by atoms with Gasteiger partial charge in [0.15, 0.2) is 0 Å². The SMILES string of the molecule is O=C(O)c1c(=O)c2cc(N3CCN(C(c4ccccc4)c4ccc(Cl)cc4)CC3)c([N+](=O)[O-])cc2n2c1sc1ccccc12. The Kier molecular flexibility index (Phi) is 7.04. The average Bonchev–Trinajstić information content (AvgIpc) is 3.41. The molecule has 0 saturated carbocycles. The summed E-state index contributed by atoms with van der Waals surface area (Å²) in [7, 11) is 0. The Morgan fingerprint density at radius 1 is 0.886 bits per heavy atom. The molecule has 2 aromatic heterocycles. The Morgan fingerprint density at radius 2 is 1.55 bits per heavy atom. The van der Waals surface area contributed by atoms with E-state index in [1.807, 2.05) is 71.6 Å². The molecule has 3 heterocycles.